The van der Waals surface area contributed by atoms with Crippen molar-refractivity contribution in [2.45, 2.75) is 24.7 Å². The fourth-order valence-corrected chi connectivity index (χ4v) is 9.51. The van der Waals surface area contributed by atoms with Crippen LogP contribution in [0.5, 0.6) is 0 Å². The first-order chi connectivity index (χ1) is 25.1. The van der Waals surface area contributed by atoms with Crippen molar-refractivity contribution in [3.05, 3.63) is 197 Å². The topological polar surface area (TPSA) is 30.7 Å². The SMILES string of the molecule is CC1(C)c2ccccc2C2(c3ccccc3-c3cc4c(cc32)c2ccccc2n4-c2nc(-c3ccccc3)c3ccccc3n2)c2ccccc21. The van der Waals surface area contributed by atoms with Gasteiger partial charge < -0.3 is 0 Å². The molecular weight excluding hydrogens is 619 g/mol. The molecule has 0 atom stereocenters. The van der Waals surface area contributed by atoms with Gasteiger partial charge in [-0.1, -0.05) is 153 Å². The summed E-state index contributed by atoms with van der Waals surface area (Å²) in [4.78, 5) is 10.6. The number of para-hydroxylation sites is 2. The maximum absolute atomic E-state index is 5.36. The van der Waals surface area contributed by atoms with Gasteiger partial charge in [0.25, 0.3) is 0 Å². The van der Waals surface area contributed by atoms with Crippen molar-refractivity contribution in [3.63, 3.8) is 0 Å². The highest BCUT2D eigenvalue weighted by molar-refractivity contribution is 6.12. The molecule has 2 aliphatic rings. The maximum atomic E-state index is 5.36. The molecule has 1 spiro atoms. The van der Waals surface area contributed by atoms with Crippen LogP contribution in [-0.4, -0.2) is 14.5 Å². The van der Waals surface area contributed by atoms with E-state index in [0.717, 1.165) is 33.2 Å². The van der Waals surface area contributed by atoms with E-state index in [4.69, 9.17) is 9.97 Å². The Balaban J connectivity index is 1.28. The fraction of sp³-hybridized carbons (Fsp3) is 0.0833. The molecule has 0 amide bonds. The van der Waals surface area contributed by atoms with Gasteiger partial charge in [-0.3, -0.25) is 4.57 Å². The van der Waals surface area contributed by atoms with E-state index in [-0.39, 0.29) is 5.41 Å². The summed E-state index contributed by atoms with van der Waals surface area (Å²) in [6.45, 7) is 4.76. The molecule has 11 rings (SSSR count). The molecule has 0 saturated carbocycles. The third-order valence-corrected chi connectivity index (χ3v) is 11.7. The summed E-state index contributed by atoms with van der Waals surface area (Å²) < 4.78 is 2.28. The summed E-state index contributed by atoms with van der Waals surface area (Å²) in [5.41, 5.74) is 15.3. The number of fused-ring (bicyclic) bond motifs is 13. The van der Waals surface area contributed by atoms with Crippen LogP contribution < -0.4 is 0 Å². The molecule has 0 unspecified atom stereocenters. The van der Waals surface area contributed by atoms with Crippen molar-refractivity contribution in [2.24, 2.45) is 0 Å². The Morgan fingerprint density at radius 3 is 1.76 bits per heavy atom. The summed E-state index contributed by atoms with van der Waals surface area (Å²) in [7, 11) is 0. The molecule has 3 heteroatoms. The zero-order chi connectivity index (χ0) is 33.9. The highest BCUT2D eigenvalue weighted by Gasteiger charge is 2.53. The lowest BCUT2D eigenvalue weighted by Gasteiger charge is -2.46. The minimum Gasteiger partial charge on any atom is -0.278 e. The van der Waals surface area contributed by atoms with Gasteiger partial charge in [0, 0.05) is 27.1 Å². The van der Waals surface area contributed by atoms with Crippen molar-refractivity contribution in [2.75, 3.05) is 0 Å². The average Bonchev–Trinajstić information content (AvgIpc) is 3.66. The van der Waals surface area contributed by atoms with E-state index < -0.39 is 5.41 Å². The van der Waals surface area contributed by atoms with E-state index in [1.54, 1.807) is 0 Å². The standard InChI is InChI=1S/C48H33N3/c1-47(2)37-22-10-12-24-39(37)48(40-25-13-11-23-38(40)47)36-21-9-6-18-31(36)34-29-44-35(28-41(34)48)32-19-8-15-27-43(32)51(44)46-49-42-26-14-7-20-33(42)45(50-46)30-16-4-3-5-17-30/h3-29H,1-2H3. The van der Waals surface area contributed by atoms with Crippen molar-refractivity contribution < 1.29 is 0 Å². The number of hydrogen-bond donors (Lipinski definition) is 0. The fourth-order valence-electron chi connectivity index (χ4n) is 9.51. The lowest BCUT2D eigenvalue weighted by Crippen LogP contribution is -2.40. The van der Waals surface area contributed by atoms with Gasteiger partial charge in [-0.25, -0.2) is 9.97 Å². The van der Waals surface area contributed by atoms with Crippen LogP contribution in [0, 0.1) is 0 Å². The van der Waals surface area contributed by atoms with E-state index in [1.807, 2.05) is 0 Å². The molecule has 0 saturated heterocycles. The molecular formula is C48H33N3. The lowest BCUT2D eigenvalue weighted by atomic mass is 9.55. The molecule has 51 heavy (non-hydrogen) atoms. The van der Waals surface area contributed by atoms with Gasteiger partial charge >= 0.3 is 0 Å². The van der Waals surface area contributed by atoms with Gasteiger partial charge in [-0.05, 0) is 68.8 Å². The first-order valence-corrected chi connectivity index (χ1v) is 17.8. The molecule has 0 aliphatic heterocycles. The summed E-state index contributed by atoms with van der Waals surface area (Å²) in [5, 5.41) is 3.44. The van der Waals surface area contributed by atoms with Crippen molar-refractivity contribution in [3.8, 4) is 28.3 Å². The van der Waals surface area contributed by atoms with Crippen molar-refractivity contribution in [1.29, 1.82) is 0 Å². The van der Waals surface area contributed by atoms with Crippen LogP contribution in [0.4, 0.5) is 0 Å². The largest absolute Gasteiger partial charge is 0.278 e. The van der Waals surface area contributed by atoms with Gasteiger partial charge in [0.05, 0.1) is 27.7 Å². The summed E-state index contributed by atoms with van der Waals surface area (Å²) in [5.74, 6) is 0.676. The Labute approximate surface area is 296 Å². The van der Waals surface area contributed by atoms with Gasteiger partial charge in [-0.2, -0.15) is 0 Å². The Hall–Kier alpha value is -6.32. The molecule has 2 aliphatic carbocycles. The van der Waals surface area contributed by atoms with Crippen LogP contribution in [-0.2, 0) is 10.8 Å². The normalized spacial score (nSPS) is 14.8. The van der Waals surface area contributed by atoms with E-state index in [1.165, 1.54) is 55.3 Å². The van der Waals surface area contributed by atoms with Crippen LogP contribution >= 0.6 is 0 Å². The third kappa shape index (κ3) is 3.63. The monoisotopic (exact) mass is 651 g/mol. The number of nitrogens with zero attached hydrogens (tertiary/aromatic N) is 3. The summed E-state index contributed by atoms with van der Waals surface area (Å²) in [6.07, 6.45) is 0. The van der Waals surface area contributed by atoms with Gasteiger partial charge in [0.1, 0.15) is 0 Å². The van der Waals surface area contributed by atoms with Gasteiger partial charge in [0.15, 0.2) is 0 Å². The van der Waals surface area contributed by atoms with Gasteiger partial charge in [0.2, 0.25) is 5.95 Å². The van der Waals surface area contributed by atoms with Crippen LogP contribution in [0.3, 0.4) is 0 Å². The van der Waals surface area contributed by atoms with Gasteiger partial charge in [-0.15, -0.1) is 0 Å². The zero-order valence-electron chi connectivity index (χ0n) is 28.4. The minimum atomic E-state index is -0.452. The lowest BCUT2D eigenvalue weighted by molar-refractivity contribution is 0.563. The first kappa shape index (κ1) is 28.5. The third-order valence-electron chi connectivity index (χ3n) is 11.7. The van der Waals surface area contributed by atoms with E-state index in [9.17, 15) is 0 Å². The first-order valence-electron chi connectivity index (χ1n) is 17.8. The second-order valence-electron chi connectivity index (χ2n) is 14.5. The molecule has 0 fully saturated rings. The number of rotatable bonds is 2. The highest BCUT2D eigenvalue weighted by Crippen LogP contribution is 2.62. The molecule has 0 N–H and O–H groups in total. The van der Waals surface area contributed by atoms with Crippen LogP contribution in [0.25, 0.3) is 61.0 Å². The van der Waals surface area contributed by atoms with E-state index in [0.29, 0.717) is 5.95 Å². The minimum absolute atomic E-state index is 0.139. The zero-order valence-corrected chi connectivity index (χ0v) is 28.4. The molecule has 2 aromatic heterocycles. The Bertz CT molecular complexity index is 2850. The highest BCUT2D eigenvalue weighted by atomic mass is 15.2. The Morgan fingerprint density at radius 1 is 0.431 bits per heavy atom. The second kappa shape index (κ2) is 10.1. The average molecular weight is 652 g/mol. The quantitative estimate of drug-likeness (QED) is 0.186. The van der Waals surface area contributed by atoms with Crippen LogP contribution in [0.15, 0.2) is 164 Å². The molecule has 2 heterocycles. The summed E-state index contributed by atoms with van der Waals surface area (Å²) >= 11 is 0. The maximum Gasteiger partial charge on any atom is 0.235 e. The molecule has 7 aromatic carbocycles. The predicted octanol–water partition coefficient (Wildman–Crippen LogP) is 11.4. The Morgan fingerprint density at radius 2 is 1.02 bits per heavy atom. The molecule has 0 bridgehead atoms. The van der Waals surface area contributed by atoms with E-state index in [2.05, 4.69) is 182 Å². The molecule has 3 nitrogen and oxygen atoms in total. The molecule has 9 aromatic rings. The number of hydrogen-bond acceptors (Lipinski definition) is 2. The van der Waals surface area contributed by atoms with Crippen molar-refractivity contribution >= 4 is 32.7 Å². The van der Waals surface area contributed by atoms with E-state index >= 15 is 0 Å². The van der Waals surface area contributed by atoms with Crippen LogP contribution in [0.1, 0.15) is 47.2 Å². The summed E-state index contributed by atoms with van der Waals surface area (Å²) in [6, 6.07) is 59.8. The molecule has 240 valence electrons. The smallest absolute Gasteiger partial charge is 0.235 e. The van der Waals surface area contributed by atoms with Crippen molar-refractivity contribution in [1.82, 2.24) is 14.5 Å². The predicted molar refractivity (Wildman–Crippen MR) is 209 cm³/mol. The second-order valence-corrected chi connectivity index (χ2v) is 14.5. The molecule has 0 radical (unpaired) electrons. The van der Waals surface area contributed by atoms with Crippen LogP contribution in [0.2, 0.25) is 0 Å². The Kier molecular flexibility index (Phi) is 5.66. The number of aromatic nitrogens is 3. The number of benzene rings is 7.